The lowest BCUT2D eigenvalue weighted by Crippen LogP contribution is -2.01. The molecule has 5 heteroatoms. The largest absolute Gasteiger partial charge is 0.487 e. The summed E-state index contributed by atoms with van der Waals surface area (Å²) in [6, 6.07) is 5.04. The number of rotatable bonds is 7. The molecule has 1 rings (SSSR count). The predicted octanol–water partition coefficient (Wildman–Crippen LogP) is 4.06. The molecule has 0 aromatic heterocycles. The molecule has 0 unspecified atom stereocenters. The fourth-order valence-corrected chi connectivity index (χ4v) is 1.79. The van der Waals surface area contributed by atoms with Gasteiger partial charge < -0.3 is 4.74 Å². The van der Waals surface area contributed by atoms with E-state index in [1.165, 1.54) is 0 Å². The second kappa shape index (κ2) is 7.27. The van der Waals surface area contributed by atoms with E-state index < -0.39 is 4.92 Å². The molecule has 0 aliphatic rings. The first kappa shape index (κ1) is 14.0. The van der Waals surface area contributed by atoms with E-state index in [-0.39, 0.29) is 5.69 Å². The normalized spacial score (nSPS) is 10.2. The molecule has 0 aliphatic heterocycles. The van der Waals surface area contributed by atoms with Gasteiger partial charge in [0, 0.05) is 11.4 Å². The zero-order chi connectivity index (χ0) is 12.7. The maximum atomic E-state index is 10.9. The molecular formula is C12H16BrNO3. The number of nitrogens with zero attached hydrogens (tertiary/aromatic N) is 1. The van der Waals surface area contributed by atoms with E-state index in [9.17, 15) is 10.1 Å². The second-order valence-corrected chi connectivity index (χ2v) is 4.31. The zero-order valence-corrected chi connectivity index (χ0v) is 11.4. The highest BCUT2D eigenvalue weighted by Gasteiger charge is 2.15. The Labute approximate surface area is 109 Å². The first-order valence-electron chi connectivity index (χ1n) is 5.65. The van der Waals surface area contributed by atoms with E-state index in [1.807, 2.05) is 6.07 Å². The minimum atomic E-state index is -0.401. The van der Waals surface area contributed by atoms with E-state index in [0.717, 1.165) is 24.8 Å². The van der Waals surface area contributed by atoms with Gasteiger partial charge in [0.2, 0.25) is 0 Å². The summed E-state index contributed by atoms with van der Waals surface area (Å²) in [4.78, 5) is 10.5. The molecule has 94 valence electrons. The van der Waals surface area contributed by atoms with Crippen LogP contribution in [0.2, 0.25) is 0 Å². The van der Waals surface area contributed by atoms with Crippen LogP contribution in [0.25, 0.3) is 0 Å². The van der Waals surface area contributed by atoms with E-state index in [0.29, 0.717) is 17.7 Å². The minimum absolute atomic E-state index is 0.0402. The van der Waals surface area contributed by atoms with Crippen molar-refractivity contribution in [1.29, 1.82) is 0 Å². The summed E-state index contributed by atoms with van der Waals surface area (Å²) >= 11 is 3.28. The third-order valence-corrected chi connectivity index (χ3v) is 3.03. The van der Waals surface area contributed by atoms with E-state index in [1.54, 1.807) is 12.1 Å². The lowest BCUT2D eigenvalue weighted by molar-refractivity contribution is -0.385. The van der Waals surface area contributed by atoms with Gasteiger partial charge in [-0.05, 0) is 18.1 Å². The SMILES string of the molecule is CCCCCOc1ccc(CBr)cc1[N+](=O)[O-]. The molecule has 0 atom stereocenters. The van der Waals surface area contributed by atoms with Gasteiger partial charge in [-0.15, -0.1) is 0 Å². The molecule has 0 bridgehead atoms. The second-order valence-electron chi connectivity index (χ2n) is 3.75. The van der Waals surface area contributed by atoms with E-state index in [4.69, 9.17) is 4.74 Å². The lowest BCUT2D eigenvalue weighted by Gasteiger charge is -2.07. The van der Waals surface area contributed by atoms with Crippen molar-refractivity contribution in [3.63, 3.8) is 0 Å². The molecule has 4 nitrogen and oxygen atoms in total. The van der Waals surface area contributed by atoms with Gasteiger partial charge in [0.25, 0.3) is 0 Å². The Morgan fingerprint density at radius 1 is 1.41 bits per heavy atom. The smallest absolute Gasteiger partial charge is 0.311 e. The number of hydrogen-bond acceptors (Lipinski definition) is 3. The van der Waals surface area contributed by atoms with Crippen molar-refractivity contribution in [3.8, 4) is 5.75 Å². The fraction of sp³-hybridized carbons (Fsp3) is 0.500. The highest BCUT2D eigenvalue weighted by molar-refractivity contribution is 9.08. The van der Waals surface area contributed by atoms with Crippen molar-refractivity contribution in [2.45, 2.75) is 31.5 Å². The number of nitro groups is 1. The minimum Gasteiger partial charge on any atom is -0.487 e. The highest BCUT2D eigenvalue weighted by atomic mass is 79.9. The van der Waals surface area contributed by atoms with Crippen molar-refractivity contribution >= 4 is 21.6 Å². The molecule has 0 amide bonds. The molecule has 0 saturated carbocycles. The fourth-order valence-electron chi connectivity index (χ4n) is 1.44. The predicted molar refractivity (Wildman–Crippen MR) is 70.7 cm³/mol. The molecule has 1 aromatic carbocycles. The molecule has 0 N–H and O–H groups in total. The maximum Gasteiger partial charge on any atom is 0.311 e. The summed E-state index contributed by atoms with van der Waals surface area (Å²) in [5, 5.41) is 11.5. The number of nitro benzene ring substituents is 1. The molecule has 1 aromatic rings. The highest BCUT2D eigenvalue weighted by Crippen LogP contribution is 2.28. The molecule has 0 heterocycles. The number of ether oxygens (including phenoxy) is 1. The Balaban J connectivity index is 2.73. The summed E-state index contributed by atoms with van der Waals surface area (Å²) in [5.74, 6) is 0.357. The Morgan fingerprint density at radius 3 is 2.76 bits per heavy atom. The average Bonchev–Trinajstić information content (AvgIpc) is 2.34. The topological polar surface area (TPSA) is 52.4 Å². The molecule has 0 saturated heterocycles. The van der Waals surface area contributed by atoms with Crippen LogP contribution in [0.1, 0.15) is 31.7 Å². The molecular weight excluding hydrogens is 286 g/mol. The zero-order valence-electron chi connectivity index (χ0n) is 9.82. The van der Waals surface area contributed by atoms with Crippen LogP contribution in [0, 0.1) is 10.1 Å². The number of benzene rings is 1. The standard InChI is InChI=1S/C12H16BrNO3/c1-2-3-4-7-17-12-6-5-10(9-13)8-11(12)14(15)16/h5-6,8H,2-4,7,9H2,1H3. The first-order valence-corrected chi connectivity index (χ1v) is 6.77. The Morgan fingerprint density at radius 2 is 2.18 bits per heavy atom. The lowest BCUT2D eigenvalue weighted by atomic mass is 10.2. The molecule has 0 radical (unpaired) electrons. The number of alkyl halides is 1. The van der Waals surface area contributed by atoms with Crippen molar-refractivity contribution in [1.82, 2.24) is 0 Å². The quantitative estimate of drug-likeness (QED) is 0.330. The van der Waals surface area contributed by atoms with Gasteiger partial charge in [0.05, 0.1) is 11.5 Å². The number of hydrogen-bond donors (Lipinski definition) is 0. The van der Waals surface area contributed by atoms with E-state index >= 15 is 0 Å². The summed E-state index contributed by atoms with van der Waals surface area (Å²) in [6.45, 7) is 2.63. The van der Waals surface area contributed by atoms with Crippen molar-refractivity contribution < 1.29 is 9.66 Å². The van der Waals surface area contributed by atoms with Crippen molar-refractivity contribution in [3.05, 3.63) is 33.9 Å². The van der Waals surface area contributed by atoms with Crippen molar-refractivity contribution in [2.75, 3.05) is 6.61 Å². The summed E-state index contributed by atoms with van der Waals surface area (Å²) < 4.78 is 5.44. The average molecular weight is 302 g/mol. The third-order valence-electron chi connectivity index (χ3n) is 2.38. The monoisotopic (exact) mass is 301 g/mol. The third kappa shape index (κ3) is 4.34. The Kier molecular flexibility index (Phi) is 5.97. The van der Waals surface area contributed by atoms with Gasteiger partial charge in [-0.2, -0.15) is 0 Å². The van der Waals surface area contributed by atoms with Gasteiger partial charge in [-0.25, -0.2) is 0 Å². The van der Waals surface area contributed by atoms with Gasteiger partial charge >= 0.3 is 5.69 Å². The van der Waals surface area contributed by atoms with E-state index in [2.05, 4.69) is 22.9 Å². The molecule has 17 heavy (non-hydrogen) atoms. The van der Waals surface area contributed by atoms with Crippen LogP contribution in [0.15, 0.2) is 18.2 Å². The number of halogens is 1. The van der Waals surface area contributed by atoms with Crippen LogP contribution < -0.4 is 4.74 Å². The summed E-state index contributed by atoms with van der Waals surface area (Å²) in [5.41, 5.74) is 0.913. The van der Waals surface area contributed by atoms with Crippen LogP contribution >= 0.6 is 15.9 Å². The van der Waals surface area contributed by atoms with Gasteiger partial charge in [-0.1, -0.05) is 41.8 Å². The molecule has 0 aliphatic carbocycles. The van der Waals surface area contributed by atoms with Crippen molar-refractivity contribution in [2.24, 2.45) is 0 Å². The van der Waals surface area contributed by atoms with Crippen LogP contribution in [0.5, 0.6) is 5.75 Å². The van der Waals surface area contributed by atoms with Crippen LogP contribution in [-0.4, -0.2) is 11.5 Å². The van der Waals surface area contributed by atoms with Gasteiger partial charge in [0.15, 0.2) is 5.75 Å². The first-order chi connectivity index (χ1) is 8.19. The summed E-state index contributed by atoms with van der Waals surface area (Å²) in [7, 11) is 0. The Hall–Kier alpha value is -1.10. The summed E-state index contributed by atoms with van der Waals surface area (Å²) in [6.07, 6.45) is 3.11. The number of unbranched alkanes of at least 4 members (excludes halogenated alkanes) is 2. The van der Waals surface area contributed by atoms with Gasteiger partial charge in [0.1, 0.15) is 0 Å². The van der Waals surface area contributed by atoms with Crippen LogP contribution in [0.3, 0.4) is 0 Å². The van der Waals surface area contributed by atoms with Gasteiger partial charge in [-0.3, -0.25) is 10.1 Å². The van der Waals surface area contributed by atoms with Crippen LogP contribution in [0.4, 0.5) is 5.69 Å². The van der Waals surface area contributed by atoms with Crippen LogP contribution in [-0.2, 0) is 5.33 Å². The maximum absolute atomic E-state index is 10.9. The Bertz CT molecular complexity index is 382. The molecule has 0 fully saturated rings. The molecule has 0 spiro atoms.